The van der Waals surface area contributed by atoms with E-state index in [-0.39, 0.29) is 5.82 Å². The number of thiophene rings is 1. The average Bonchev–Trinajstić information content (AvgIpc) is 2.72. The van der Waals surface area contributed by atoms with E-state index in [1.165, 1.54) is 23.5 Å². The molecule has 0 bridgehead atoms. The first kappa shape index (κ1) is 12.0. The van der Waals surface area contributed by atoms with Crippen LogP contribution in [0.2, 0.25) is 0 Å². The summed E-state index contributed by atoms with van der Waals surface area (Å²) in [6.45, 7) is 2.78. The number of halogens is 1. The first-order chi connectivity index (χ1) is 8.24. The number of fused-ring (bicyclic) bond motifs is 1. The van der Waals surface area contributed by atoms with Gasteiger partial charge in [-0.05, 0) is 30.0 Å². The number of hydrazine groups is 1. The van der Waals surface area contributed by atoms with Gasteiger partial charge in [0, 0.05) is 11.2 Å². The van der Waals surface area contributed by atoms with Crippen LogP contribution in [0, 0.1) is 5.82 Å². The Hall–Kier alpha value is -1.46. The number of nitrogens with zero attached hydrogens (tertiary/aromatic N) is 1. The molecular weight excluding hydrogens is 237 g/mol. The summed E-state index contributed by atoms with van der Waals surface area (Å²) >= 11 is 1.48. The van der Waals surface area contributed by atoms with Crippen molar-refractivity contribution < 1.29 is 4.39 Å². The van der Waals surface area contributed by atoms with Gasteiger partial charge in [0.25, 0.3) is 0 Å². The van der Waals surface area contributed by atoms with Crippen LogP contribution in [0.3, 0.4) is 0 Å². The zero-order valence-corrected chi connectivity index (χ0v) is 10.4. The second-order valence-corrected chi connectivity index (χ2v) is 4.75. The Bertz CT molecular complexity index is 548. The molecule has 1 aromatic carbocycles. The van der Waals surface area contributed by atoms with E-state index in [0.29, 0.717) is 5.84 Å². The zero-order valence-electron chi connectivity index (χ0n) is 9.53. The van der Waals surface area contributed by atoms with Gasteiger partial charge in [0.1, 0.15) is 5.82 Å². The predicted octanol–water partition coefficient (Wildman–Crippen LogP) is 2.66. The van der Waals surface area contributed by atoms with Crippen molar-refractivity contribution in [2.75, 3.05) is 6.54 Å². The Balaban J connectivity index is 2.41. The SMILES string of the molecule is CCCN=C(NN)c1cc2ccc(F)cc2s1. The molecule has 1 aromatic heterocycles. The summed E-state index contributed by atoms with van der Waals surface area (Å²) in [6, 6.07) is 6.71. The average molecular weight is 251 g/mol. The van der Waals surface area contributed by atoms with Crippen molar-refractivity contribution in [2.45, 2.75) is 13.3 Å². The maximum atomic E-state index is 13.1. The standard InChI is InChI=1S/C12H14FN3S/c1-2-5-15-12(16-14)11-6-8-3-4-9(13)7-10(8)17-11/h3-4,6-7H,2,5,14H2,1H3,(H,15,16). The van der Waals surface area contributed by atoms with E-state index >= 15 is 0 Å². The molecule has 0 aliphatic heterocycles. The molecule has 3 N–H and O–H groups in total. The molecule has 0 fully saturated rings. The summed E-state index contributed by atoms with van der Waals surface area (Å²) in [5, 5.41) is 1.01. The molecule has 2 rings (SSSR count). The lowest BCUT2D eigenvalue weighted by atomic mass is 10.2. The molecule has 0 aliphatic rings. The highest BCUT2D eigenvalue weighted by atomic mass is 32.1. The van der Waals surface area contributed by atoms with E-state index in [1.54, 1.807) is 6.07 Å². The first-order valence-electron chi connectivity index (χ1n) is 5.45. The van der Waals surface area contributed by atoms with Crippen LogP contribution in [0.4, 0.5) is 4.39 Å². The Kier molecular flexibility index (Phi) is 3.71. The molecule has 2 aromatic rings. The van der Waals surface area contributed by atoms with Gasteiger partial charge in [-0.2, -0.15) is 0 Å². The third-order valence-corrected chi connectivity index (χ3v) is 3.45. The van der Waals surface area contributed by atoms with Crippen LogP contribution in [0.5, 0.6) is 0 Å². The Morgan fingerprint density at radius 1 is 1.47 bits per heavy atom. The molecule has 0 saturated carbocycles. The number of nitrogens with two attached hydrogens (primary N) is 1. The van der Waals surface area contributed by atoms with Crippen molar-refractivity contribution in [3.05, 3.63) is 35.0 Å². The molecule has 0 unspecified atom stereocenters. The highest BCUT2D eigenvalue weighted by molar-refractivity contribution is 7.20. The number of aliphatic imine (C=N–C) groups is 1. The summed E-state index contributed by atoms with van der Waals surface area (Å²) in [6.07, 6.45) is 0.963. The lowest BCUT2D eigenvalue weighted by Gasteiger charge is -2.01. The van der Waals surface area contributed by atoms with Crippen LogP contribution in [0.25, 0.3) is 10.1 Å². The minimum atomic E-state index is -0.223. The third kappa shape index (κ3) is 2.62. The number of nitrogens with one attached hydrogen (secondary N) is 1. The van der Waals surface area contributed by atoms with Crippen LogP contribution >= 0.6 is 11.3 Å². The number of amidine groups is 1. The molecule has 17 heavy (non-hydrogen) atoms. The van der Waals surface area contributed by atoms with Gasteiger partial charge in [0.15, 0.2) is 5.84 Å². The monoisotopic (exact) mass is 251 g/mol. The van der Waals surface area contributed by atoms with Crippen LogP contribution in [-0.4, -0.2) is 12.4 Å². The van der Waals surface area contributed by atoms with Gasteiger partial charge < -0.3 is 5.43 Å². The van der Waals surface area contributed by atoms with Crippen LogP contribution in [0.1, 0.15) is 18.2 Å². The summed E-state index contributed by atoms with van der Waals surface area (Å²) in [4.78, 5) is 5.28. The minimum Gasteiger partial charge on any atom is -0.308 e. The van der Waals surface area contributed by atoms with E-state index in [1.807, 2.05) is 6.07 Å². The van der Waals surface area contributed by atoms with Gasteiger partial charge in [0.05, 0.1) is 4.88 Å². The van der Waals surface area contributed by atoms with Gasteiger partial charge in [-0.15, -0.1) is 11.3 Å². The van der Waals surface area contributed by atoms with E-state index in [0.717, 1.165) is 27.9 Å². The second kappa shape index (κ2) is 5.25. The molecule has 0 amide bonds. The maximum absolute atomic E-state index is 13.1. The molecule has 5 heteroatoms. The van der Waals surface area contributed by atoms with Crippen LogP contribution < -0.4 is 11.3 Å². The third-order valence-electron chi connectivity index (χ3n) is 2.35. The van der Waals surface area contributed by atoms with Gasteiger partial charge in [-0.25, -0.2) is 10.2 Å². The van der Waals surface area contributed by atoms with Crippen LogP contribution in [-0.2, 0) is 0 Å². The number of benzene rings is 1. The van der Waals surface area contributed by atoms with Crippen molar-refractivity contribution in [1.82, 2.24) is 5.43 Å². The number of hydrogen-bond donors (Lipinski definition) is 2. The fourth-order valence-corrected chi connectivity index (χ4v) is 2.60. The van der Waals surface area contributed by atoms with Crippen molar-refractivity contribution in [3.63, 3.8) is 0 Å². The summed E-state index contributed by atoms with van der Waals surface area (Å²) < 4.78 is 14.0. The first-order valence-corrected chi connectivity index (χ1v) is 6.26. The fourth-order valence-electron chi connectivity index (χ4n) is 1.54. The Labute approximate surface area is 103 Å². The molecule has 1 heterocycles. The Morgan fingerprint density at radius 2 is 2.29 bits per heavy atom. The number of rotatable bonds is 3. The molecule has 0 atom stereocenters. The quantitative estimate of drug-likeness (QED) is 0.381. The zero-order chi connectivity index (χ0) is 12.3. The van der Waals surface area contributed by atoms with Gasteiger partial charge >= 0.3 is 0 Å². The topological polar surface area (TPSA) is 50.4 Å². The lowest BCUT2D eigenvalue weighted by Crippen LogP contribution is -2.30. The summed E-state index contributed by atoms with van der Waals surface area (Å²) in [5.41, 5.74) is 2.60. The van der Waals surface area contributed by atoms with E-state index in [4.69, 9.17) is 5.84 Å². The minimum absolute atomic E-state index is 0.223. The molecule has 3 nitrogen and oxygen atoms in total. The molecular formula is C12H14FN3S. The van der Waals surface area contributed by atoms with Gasteiger partial charge in [0.2, 0.25) is 0 Å². The normalized spacial score (nSPS) is 12.1. The second-order valence-electron chi connectivity index (χ2n) is 3.67. The van der Waals surface area contributed by atoms with Crippen molar-refractivity contribution in [3.8, 4) is 0 Å². The molecule has 90 valence electrons. The largest absolute Gasteiger partial charge is 0.308 e. The highest BCUT2D eigenvalue weighted by Crippen LogP contribution is 2.26. The lowest BCUT2D eigenvalue weighted by molar-refractivity contribution is 0.630. The predicted molar refractivity (Wildman–Crippen MR) is 70.8 cm³/mol. The van der Waals surface area contributed by atoms with E-state index in [2.05, 4.69) is 17.3 Å². The summed E-state index contributed by atoms with van der Waals surface area (Å²) in [5.74, 6) is 5.89. The maximum Gasteiger partial charge on any atom is 0.152 e. The molecule has 0 saturated heterocycles. The Morgan fingerprint density at radius 3 is 3.00 bits per heavy atom. The van der Waals surface area contributed by atoms with Gasteiger partial charge in [-0.1, -0.05) is 13.0 Å². The molecule has 0 spiro atoms. The fraction of sp³-hybridized carbons (Fsp3) is 0.250. The van der Waals surface area contributed by atoms with E-state index < -0.39 is 0 Å². The molecule has 0 radical (unpaired) electrons. The highest BCUT2D eigenvalue weighted by Gasteiger charge is 2.07. The van der Waals surface area contributed by atoms with Crippen LogP contribution in [0.15, 0.2) is 29.3 Å². The van der Waals surface area contributed by atoms with E-state index in [9.17, 15) is 4.39 Å². The van der Waals surface area contributed by atoms with Crippen molar-refractivity contribution in [2.24, 2.45) is 10.8 Å². The van der Waals surface area contributed by atoms with Gasteiger partial charge in [-0.3, -0.25) is 4.99 Å². The number of hydrogen-bond acceptors (Lipinski definition) is 3. The smallest absolute Gasteiger partial charge is 0.152 e. The molecule has 0 aliphatic carbocycles. The summed E-state index contributed by atoms with van der Waals surface area (Å²) in [7, 11) is 0. The van der Waals surface area contributed by atoms with Crippen molar-refractivity contribution >= 4 is 27.3 Å². The van der Waals surface area contributed by atoms with Crippen molar-refractivity contribution in [1.29, 1.82) is 0 Å².